The van der Waals surface area contributed by atoms with Gasteiger partial charge in [-0.1, -0.05) is 36.8 Å². The number of amides is 1. The summed E-state index contributed by atoms with van der Waals surface area (Å²) in [7, 11) is 1.88. The minimum absolute atomic E-state index is 0. The predicted octanol–water partition coefficient (Wildman–Crippen LogP) is 2.27. The lowest BCUT2D eigenvalue weighted by Gasteiger charge is -2.38. The summed E-state index contributed by atoms with van der Waals surface area (Å²) in [5, 5.41) is 0. The van der Waals surface area contributed by atoms with Crippen LogP contribution in [0, 0.1) is 0 Å². The highest BCUT2D eigenvalue weighted by Gasteiger charge is 2.27. The van der Waals surface area contributed by atoms with Crippen molar-refractivity contribution < 1.29 is 4.79 Å². The molecule has 0 aromatic heterocycles. The lowest BCUT2D eigenvalue weighted by molar-refractivity contribution is -0.132. The molecule has 0 saturated carbocycles. The topological polar surface area (TPSA) is 49.6 Å². The molecule has 1 saturated heterocycles. The molecule has 2 atom stereocenters. The smallest absolute Gasteiger partial charge is 0.236 e. The third kappa shape index (κ3) is 5.27. The molecule has 0 spiro atoms. The quantitative estimate of drug-likeness (QED) is 0.903. The molecule has 22 heavy (non-hydrogen) atoms. The molecule has 1 aromatic carbocycles. The van der Waals surface area contributed by atoms with Gasteiger partial charge in [-0.05, 0) is 31.9 Å². The minimum Gasteiger partial charge on any atom is -0.340 e. The molecule has 1 aliphatic heterocycles. The van der Waals surface area contributed by atoms with E-state index >= 15 is 0 Å². The molecule has 0 radical (unpaired) electrons. The Hall–Kier alpha value is -1.10. The Labute approximate surface area is 140 Å². The van der Waals surface area contributed by atoms with Gasteiger partial charge in [0.25, 0.3) is 0 Å². The van der Waals surface area contributed by atoms with E-state index in [1.54, 1.807) is 0 Å². The number of nitrogens with zero attached hydrogens (tertiary/aromatic N) is 2. The molecule has 0 bridgehead atoms. The average Bonchev–Trinajstić information content (AvgIpc) is 2.48. The fourth-order valence-electron chi connectivity index (χ4n) is 3.05. The largest absolute Gasteiger partial charge is 0.340 e. The van der Waals surface area contributed by atoms with Crippen molar-refractivity contribution in [1.82, 2.24) is 9.80 Å². The zero-order chi connectivity index (χ0) is 15.2. The first-order chi connectivity index (χ1) is 10.1. The number of hydrogen-bond acceptors (Lipinski definition) is 3. The van der Waals surface area contributed by atoms with Crippen molar-refractivity contribution >= 4 is 18.3 Å². The Kier molecular flexibility index (Phi) is 7.87. The van der Waals surface area contributed by atoms with Crippen molar-refractivity contribution in [3.63, 3.8) is 0 Å². The fraction of sp³-hybridized carbons (Fsp3) is 0.588. The summed E-state index contributed by atoms with van der Waals surface area (Å²) >= 11 is 0. The summed E-state index contributed by atoms with van der Waals surface area (Å²) in [6.07, 6.45) is 3.49. The highest BCUT2D eigenvalue weighted by Crippen LogP contribution is 2.19. The maximum atomic E-state index is 12.4. The SMILES string of the molecule is CC(N)C1CCCCN1CC(=O)N(C)Cc1ccccc1.Cl. The monoisotopic (exact) mass is 325 g/mol. The number of hydrogen-bond donors (Lipinski definition) is 1. The second kappa shape index (κ2) is 9.13. The first kappa shape index (κ1) is 18.9. The van der Waals surface area contributed by atoms with Gasteiger partial charge in [0.1, 0.15) is 0 Å². The van der Waals surface area contributed by atoms with Gasteiger partial charge in [-0.25, -0.2) is 0 Å². The molecule has 1 heterocycles. The first-order valence-electron chi connectivity index (χ1n) is 7.85. The molecule has 5 heteroatoms. The van der Waals surface area contributed by atoms with Crippen molar-refractivity contribution in [2.75, 3.05) is 20.1 Å². The van der Waals surface area contributed by atoms with Crippen molar-refractivity contribution in [2.45, 2.75) is 44.8 Å². The van der Waals surface area contributed by atoms with Gasteiger partial charge >= 0.3 is 0 Å². The van der Waals surface area contributed by atoms with E-state index in [9.17, 15) is 4.79 Å². The van der Waals surface area contributed by atoms with Gasteiger partial charge in [-0.15, -0.1) is 12.4 Å². The second-order valence-corrected chi connectivity index (χ2v) is 6.13. The van der Waals surface area contributed by atoms with Crippen LogP contribution < -0.4 is 5.73 Å². The van der Waals surface area contributed by atoms with E-state index in [2.05, 4.69) is 17.0 Å². The highest BCUT2D eigenvalue weighted by molar-refractivity contribution is 5.85. The Balaban J connectivity index is 0.00000242. The van der Waals surface area contributed by atoms with Crippen LogP contribution in [0.5, 0.6) is 0 Å². The molecular formula is C17H28ClN3O. The normalized spacial score (nSPS) is 20.0. The number of halogens is 1. The number of piperidine rings is 1. The fourth-order valence-corrected chi connectivity index (χ4v) is 3.05. The van der Waals surface area contributed by atoms with E-state index in [1.807, 2.05) is 37.1 Å². The number of nitrogens with two attached hydrogens (primary N) is 1. The van der Waals surface area contributed by atoms with Crippen LogP contribution in [0.4, 0.5) is 0 Å². The van der Waals surface area contributed by atoms with Gasteiger partial charge in [-0.3, -0.25) is 9.69 Å². The molecule has 124 valence electrons. The van der Waals surface area contributed by atoms with Gasteiger partial charge in [0.2, 0.25) is 5.91 Å². The van der Waals surface area contributed by atoms with Crippen molar-refractivity contribution in [3.8, 4) is 0 Å². The minimum atomic E-state index is 0. The van der Waals surface area contributed by atoms with Crippen LogP contribution in [0.1, 0.15) is 31.7 Å². The number of likely N-dealkylation sites (N-methyl/N-ethyl adjacent to an activating group) is 1. The lowest BCUT2D eigenvalue weighted by atomic mass is 9.97. The Morgan fingerprint density at radius 2 is 2.05 bits per heavy atom. The second-order valence-electron chi connectivity index (χ2n) is 6.13. The number of benzene rings is 1. The van der Waals surface area contributed by atoms with E-state index in [1.165, 1.54) is 12.8 Å². The van der Waals surface area contributed by atoms with Crippen LogP contribution >= 0.6 is 12.4 Å². The van der Waals surface area contributed by atoms with Crippen LogP contribution in [0.25, 0.3) is 0 Å². The van der Waals surface area contributed by atoms with E-state index in [0.717, 1.165) is 18.5 Å². The third-order valence-corrected chi connectivity index (χ3v) is 4.30. The van der Waals surface area contributed by atoms with Gasteiger partial charge in [0.15, 0.2) is 0 Å². The number of rotatable bonds is 5. The summed E-state index contributed by atoms with van der Waals surface area (Å²) in [5.74, 6) is 0.173. The molecular weight excluding hydrogens is 298 g/mol. The molecule has 4 nitrogen and oxygen atoms in total. The maximum Gasteiger partial charge on any atom is 0.236 e. The van der Waals surface area contributed by atoms with Gasteiger partial charge in [0, 0.05) is 25.7 Å². The molecule has 2 rings (SSSR count). The molecule has 1 aromatic rings. The Bertz CT molecular complexity index is 452. The van der Waals surface area contributed by atoms with Gasteiger partial charge < -0.3 is 10.6 Å². The van der Waals surface area contributed by atoms with Crippen LogP contribution in [-0.4, -0.2) is 47.9 Å². The molecule has 2 unspecified atom stereocenters. The maximum absolute atomic E-state index is 12.4. The summed E-state index contributed by atoms with van der Waals surface area (Å²) in [4.78, 5) is 16.5. The van der Waals surface area contributed by atoms with E-state index in [4.69, 9.17) is 5.73 Å². The lowest BCUT2D eigenvalue weighted by Crippen LogP contribution is -2.52. The zero-order valence-electron chi connectivity index (χ0n) is 13.6. The molecule has 1 aliphatic rings. The number of carbonyl (C=O) groups is 1. The van der Waals surface area contributed by atoms with Crippen molar-refractivity contribution in [3.05, 3.63) is 35.9 Å². The third-order valence-electron chi connectivity index (χ3n) is 4.30. The summed E-state index contributed by atoms with van der Waals surface area (Å²) in [6, 6.07) is 10.6. The number of carbonyl (C=O) groups excluding carboxylic acids is 1. The molecule has 1 amide bonds. The van der Waals surface area contributed by atoms with E-state index < -0.39 is 0 Å². The Morgan fingerprint density at radius 1 is 1.36 bits per heavy atom. The Morgan fingerprint density at radius 3 is 2.68 bits per heavy atom. The summed E-state index contributed by atoms with van der Waals surface area (Å²) < 4.78 is 0. The van der Waals surface area contributed by atoms with Gasteiger partial charge in [0.05, 0.1) is 6.54 Å². The van der Waals surface area contributed by atoms with Crippen molar-refractivity contribution in [2.24, 2.45) is 5.73 Å². The molecule has 2 N–H and O–H groups in total. The first-order valence-corrected chi connectivity index (χ1v) is 7.85. The van der Waals surface area contributed by atoms with E-state index in [0.29, 0.717) is 19.1 Å². The predicted molar refractivity (Wildman–Crippen MR) is 93.0 cm³/mol. The molecule has 0 aliphatic carbocycles. The summed E-state index contributed by atoms with van der Waals surface area (Å²) in [6.45, 7) is 4.17. The number of likely N-dealkylation sites (tertiary alicyclic amines) is 1. The molecule has 1 fully saturated rings. The average molecular weight is 326 g/mol. The highest BCUT2D eigenvalue weighted by atomic mass is 35.5. The van der Waals surface area contributed by atoms with Gasteiger partial charge in [-0.2, -0.15) is 0 Å². The van der Waals surface area contributed by atoms with Crippen LogP contribution in [0.2, 0.25) is 0 Å². The van der Waals surface area contributed by atoms with Crippen molar-refractivity contribution in [1.29, 1.82) is 0 Å². The van der Waals surface area contributed by atoms with E-state index in [-0.39, 0.29) is 24.4 Å². The van der Waals surface area contributed by atoms with Crippen LogP contribution in [0.15, 0.2) is 30.3 Å². The van der Waals surface area contributed by atoms with Crippen LogP contribution in [-0.2, 0) is 11.3 Å². The van der Waals surface area contributed by atoms with Crippen LogP contribution in [0.3, 0.4) is 0 Å². The summed E-state index contributed by atoms with van der Waals surface area (Å²) in [5.41, 5.74) is 7.23. The standard InChI is InChI=1S/C17H27N3O.ClH/c1-14(18)16-10-6-7-11-20(16)13-17(21)19(2)12-15-8-4-3-5-9-15;/h3-5,8-9,14,16H,6-7,10-13,18H2,1-2H3;1H. The zero-order valence-corrected chi connectivity index (χ0v) is 14.4.